The minimum absolute atomic E-state index is 0.0154. The monoisotopic (exact) mass is 686 g/mol. The van der Waals surface area contributed by atoms with Crippen molar-refractivity contribution >= 4 is 50.1 Å². The molecular weight excluding hydrogens is 659 g/mol. The highest BCUT2D eigenvalue weighted by Gasteiger charge is 2.33. The maximum absolute atomic E-state index is 14.4. The van der Waals surface area contributed by atoms with Gasteiger partial charge < -0.3 is 14.2 Å². The van der Waals surface area contributed by atoms with Crippen LogP contribution in [0.4, 0.5) is 4.39 Å². The highest BCUT2D eigenvalue weighted by Crippen LogP contribution is 2.35. The van der Waals surface area contributed by atoms with Crippen LogP contribution >= 0.6 is 27.3 Å². The number of methoxy groups -OCH3 is 1. The van der Waals surface area contributed by atoms with Crippen molar-refractivity contribution in [3.8, 4) is 11.5 Å². The molecule has 0 aliphatic carbocycles. The van der Waals surface area contributed by atoms with E-state index >= 15 is 0 Å². The highest BCUT2D eigenvalue weighted by atomic mass is 79.9. The molecule has 228 valence electrons. The van der Waals surface area contributed by atoms with Gasteiger partial charge in [-0.05, 0) is 76.5 Å². The number of carbonyl (C=O) groups is 1. The van der Waals surface area contributed by atoms with Gasteiger partial charge in [-0.2, -0.15) is 0 Å². The van der Waals surface area contributed by atoms with Crippen LogP contribution in [0, 0.1) is 5.82 Å². The number of halogens is 2. The number of rotatable bonds is 8. The molecule has 0 radical (unpaired) electrons. The van der Waals surface area contributed by atoms with E-state index in [1.54, 1.807) is 51.3 Å². The Bertz CT molecular complexity index is 2170. The molecule has 0 saturated heterocycles. The molecule has 0 unspecified atom stereocenters. The smallest absolute Gasteiger partial charge is 0.338 e. The second-order valence-corrected chi connectivity index (χ2v) is 12.1. The lowest BCUT2D eigenvalue weighted by Crippen LogP contribution is -2.40. The third kappa shape index (κ3) is 5.83. The Balaban J connectivity index is 1.54. The standard InChI is InChI=1S/C35H28BrFN2O5S/c1-4-43-34(41)31-20(2)38-35-39(32(31)22-14-16-29(42-3)26(36)17-22)33(40)30(45-35)18-25-24-11-7-5-9-21(24)13-15-28(25)44-19-23-10-6-8-12-27(23)37/h5-18,32H,4,19H2,1-3H3/b30-18+/t32-/m0/s1. The van der Waals surface area contributed by atoms with Crippen LogP contribution in [-0.2, 0) is 16.1 Å². The van der Waals surface area contributed by atoms with Gasteiger partial charge in [0.15, 0.2) is 4.80 Å². The number of hydrogen-bond donors (Lipinski definition) is 0. The third-order valence-corrected chi connectivity index (χ3v) is 9.16. The molecule has 10 heteroatoms. The summed E-state index contributed by atoms with van der Waals surface area (Å²) < 4.78 is 34.0. The van der Waals surface area contributed by atoms with Gasteiger partial charge in [0.25, 0.3) is 5.56 Å². The Morgan fingerprint density at radius 1 is 1.07 bits per heavy atom. The van der Waals surface area contributed by atoms with Crippen LogP contribution in [0.5, 0.6) is 11.5 Å². The van der Waals surface area contributed by atoms with Gasteiger partial charge in [0, 0.05) is 11.1 Å². The van der Waals surface area contributed by atoms with Gasteiger partial charge in [0.05, 0.1) is 40.0 Å². The van der Waals surface area contributed by atoms with Crippen LogP contribution in [0.1, 0.15) is 36.6 Å². The lowest BCUT2D eigenvalue weighted by atomic mass is 9.96. The number of benzene rings is 4. The van der Waals surface area contributed by atoms with Crippen molar-refractivity contribution in [3.63, 3.8) is 0 Å². The zero-order chi connectivity index (χ0) is 31.7. The summed E-state index contributed by atoms with van der Waals surface area (Å²) in [5.74, 6) is 0.221. The first-order chi connectivity index (χ1) is 21.8. The summed E-state index contributed by atoms with van der Waals surface area (Å²) in [5.41, 5.74) is 2.22. The number of thiazole rings is 1. The predicted molar refractivity (Wildman–Crippen MR) is 176 cm³/mol. The lowest BCUT2D eigenvalue weighted by molar-refractivity contribution is -0.139. The Morgan fingerprint density at radius 3 is 2.58 bits per heavy atom. The summed E-state index contributed by atoms with van der Waals surface area (Å²) in [6, 6.07) is 22.7. The van der Waals surface area contributed by atoms with Crippen molar-refractivity contribution in [3.05, 3.63) is 137 Å². The largest absolute Gasteiger partial charge is 0.496 e. The van der Waals surface area contributed by atoms with E-state index in [1.807, 2.05) is 48.5 Å². The van der Waals surface area contributed by atoms with E-state index in [-0.39, 0.29) is 30.2 Å². The number of nitrogens with zero attached hydrogens (tertiary/aromatic N) is 2. The summed E-state index contributed by atoms with van der Waals surface area (Å²) in [6.07, 6.45) is 1.78. The number of hydrogen-bond acceptors (Lipinski definition) is 7. The molecule has 5 aromatic rings. The van der Waals surface area contributed by atoms with Crippen LogP contribution < -0.4 is 24.4 Å². The first-order valence-corrected chi connectivity index (χ1v) is 15.8. The van der Waals surface area contributed by atoms with E-state index in [0.29, 0.717) is 47.7 Å². The van der Waals surface area contributed by atoms with Crippen LogP contribution in [0.3, 0.4) is 0 Å². The minimum atomic E-state index is -0.783. The molecule has 7 nitrogen and oxygen atoms in total. The number of aromatic nitrogens is 1. The molecule has 0 saturated carbocycles. The van der Waals surface area contributed by atoms with E-state index in [1.165, 1.54) is 22.0 Å². The Kier molecular flexibility index (Phi) is 8.69. The molecule has 0 fully saturated rings. The van der Waals surface area contributed by atoms with Gasteiger partial charge >= 0.3 is 5.97 Å². The fraction of sp³-hybridized carbons (Fsp3) is 0.171. The van der Waals surface area contributed by atoms with Gasteiger partial charge in [0.1, 0.15) is 23.9 Å². The SMILES string of the molecule is CCOC(=O)C1=C(C)N=c2s/c(=C/c3c(OCc4ccccc4F)ccc4ccccc34)c(=O)n2[C@H]1c1ccc(OC)c(Br)c1. The van der Waals surface area contributed by atoms with Gasteiger partial charge in [-0.3, -0.25) is 9.36 Å². The van der Waals surface area contributed by atoms with Crippen molar-refractivity contribution in [1.82, 2.24) is 4.57 Å². The molecule has 1 atom stereocenters. The third-order valence-electron chi connectivity index (χ3n) is 7.56. The molecule has 2 heterocycles. The van der Waals surface area contributed by atoms with E-state index < -0.39 is 12.0 Å². The maximum atomic E-state index is 14.4. The Hall–Kier alpha value is -4.54. The zero-order valence-corrected chi connectivity index (χ0v) is 27.1. The summed E-state index contributed by atoms with van der Waals surface area (Å²) in [7, 11) is 1.57. The molecule has 6 rings (SSSR count). The highest BCUT2D eigenvalue weighted by molar-refractivity contribution is 9.10. The second-order valence-electron chi connectivity index (χ2n) is 10.3. The topological polar surface area (TPSA) is 79.1 Å². The Morgan fingerprint density at radius 2 is 1.82 bits per heavy atom. The average Bonchev–Trinajstić information content (AvgIpc) is 3.34. The first-order valence-electron chi connectivity index (χ1n) is 14.2. The fourth-order valence-corrected chi connectivity index (χ4v) is 7.00. The number of carbonyl (C=O) groups excluding carboxylic acids is 1. The molecule has 0 bridgehead atoms. The van der Waals surface area contributed by atoms with Gasteiger partial charge in [-0.1, -0.05) is 65.9 Å². The molecule has 1 aliphatic heterocycles. The normalized spacial score (nSPS) is 14.7. The summed E-state index contributed by atoms with van der Waals surface area (Å²) in [6.45, 7) is 3.67. The average molecular weight is 688 g/mol. The van der Waals surface area contributed by atoms with Crippen LogP contribution in [-0.4, -0.2) is 24.3 Å². The van der Waals surface area contributed by atoms with Crippen molar-refractivity contribution in [2.24, 2.45) is 4.99 Å². The number of esters is 1. The van der Waals surface area contributed by atoms with Crippen LogP contribution in [0.25, 0.3) is 16.8 Å². The molecule has 0 spiro atoms. The predicted octanol–water partition coefficient (Wildman–Crippen LogP) is 6.44. The quantitative estimate of drug-likeness (QED) is 0.176. The number of ether oxygens (including phenoxy) is 3. The maximum Gasteiger partial charge on any atom is 0.338 e. The van der Waals surface area contributed by atoms with Crippen molar-refractivity contribution in [1.29, 1.82) is 0 Å². The van der Waals surface area contributed by atoms with Gasteiger partial charge in [0.2, 0.25) is 0 Å². The molecule has 1 aromatic heterocycles. The van der Waals surface area contributed by atoms with E-state index in [9.17, 15) is 14.0 Å². The van der Waals surface area contributed by atoms with Crippen LogP contribution in [0.2, 0.25) is 0 Å². The van der Waals surface area contributed by atoms with Crippen molar-refractivity contribution < 1.29 is 23.4 Å². The van der Waals surface area contributed by atoms with E-state index in [4.69, 9.17) is 14.2 Å². The molecule has 45 heavy (non-hydrogen) atoms. The number of fused-ring (bicyclic) bond motifs is 2. The summed E-state index contributed by atoms with van der Waals surface area (Å²) in [4.78, 5) is 32.7. The zero-order valence-electron chi connectivity index (χ0n) is 24.7. The second kappa shape index (κ2) is 12.8. The fourth-order valence-electron chi connectivity index (χ4n) is 5.41. The molecule has 4 aromatic carbocycles. The van der Waals surface area contributed by atoms with Crippen molar-refractivity contribution in [2.45, 2.75) is 26.5 Å². The Labute approximate surface area is 270 Å². The summed E-state index contributed by atoms with van der Waals surface area (Å²) >= 11 is 4.76. The van der Waals surface area contributed by atoms with E-state index in [0.717, 1.165) is 10.8 Å². The first kappa shape index (κ1) is 30.5. The molecule has 1 aliphatic rings. The van der Waals surface area contributed by atoms with Crippen molar-refractivity contribution in [2.75, 3.05) is 13.7 Å². The molecule has 0 N–H and O–H groups in total. The minimum Gasteiger partial charge on any atom is -0.496 e. The van der Waals surface area contributed by atoms with E-state index in [2.05, 4.69) is 20.9 Å². The summed E-state index contributed by atoms with van der Waals surface area (Å²) in [5, 5.41) is 1.82. The van der Waals surface area contributed by atoms with Gasteiger partial charge in [-0.25, -0.2) is 14.2 Å². The lowest BCUT2D eigenvalue weighted by Gasteiger charge is -2.25. The van der Waals surface area contributed by atoms with Gasteiger partial charge in [-0.15, -0.1) is 0 Å². The number of allylic oxidation sites excluding steroid dienone is 1. The molecule has 0 amide bonds. The molecular formula is C35H28BrFN2O5S. The van der Waals surface area contributed by atoms with Crippen LogP contribution in [0.15, 0.2) is 104 Å².